The van der Waals surface area contributed by atoms with Gasteiger partial charge in [-0.3, -0.25) is 9.59 Å². The minimum absolute atomic E-state index is 0.409. The first kappa shape index (κ1) is 9.38. The first-order chi connectivity index (χ1) is 5.61. The number of esters is 1. The number of ether oxygens (including phenoxy) is 1. The molecule has 68 valence electrons. The van der Waals surface area contributed by atoms with E-state index in [2.05, 4.69) is 0 Å². The van der Waals surface area contributed by atoms with Crippen LogP contribution in [0.25, 0.3) is 0 Å². The standard InChI is InChI=1S/C7H10O4S/c1-4(8)11-5-2-3-12-6(5)7(9)10/h5-6H,2-3H2,1H3,(H,9,10). The highest BCUT2D eigenvalue weighted by atomic mass is 32.2. The molecule has 1 fully saturated rings. The van der Waals surface area contributed by atoms with Gasteiger partial charge in [0, 0.05) is 6.92 Å². The highest BCUT2D eigenvalue weighted by Crippen LogP contribution is 2.29. The van der Waals surface area contributed by atoms with E-state index in [0.717, 1.165) is 5.75 Å². The van der Waals surface area contributed by atoms with Gasteiger partial charge in [-0.1, -0.05) is 0 Å². The molecule has 0 spiro atoms. The average molecular weight is 190 g/mol. The van der Waals surface area contributed by atoms with Gasteiger partial charge in [-0.15, -0.1) is 11.8 Å². The van der Waals surface area contributed by atoms with Crippen molar-refractivity contribution in [2.24, 2.45) is 0 Å². The van der Waals surface area contributed by atoms with E-state index in [0.29, 0.717) is 6.42 Å². The molecule has 1 rings (SSSR count). The van der Waals surface area contributed by atoms with E-state index < -0.39 is 23.3 Å². The van der Waals surface area contributed by atoms with Crippen LogP contribution in [0.2, 0.25) is 0 Å². The zero-order chi connectivity index (χ0) is 9.14. The molecule has 1 N–H and O–H groups in total. The maximum absolute atomic E-state index is 10.6. The molecule has 0 bridgehead atoms. The third kappa shape index (κ3) is 2.14. The van der Waals surface area contributed by atoms with Crippen molar-refractivity contribution < 1.29 is 19.4 Å². The Bertz CT molecular complexity index is 204. The zero-order valence-corrected chi connectivity index (χ0v) is 7.47. The lowest BCUT2D eigenvalue weighted by Crippen LogP contribution is -2.30. The highest BCUT2D eigenvalue weighted by molar-refractivity contribution is 8.00. The van der Waals surface area contributed by atoms with E-state index in [1.165, 1.54) is 18.7 Å². The summed E-state index contributed by atoms with van der Waals surface area (Å²) < 4.78 is 4.84. The summed E-state index contributed by atoms with van der Waals surface area (Å²) in [6.45, 7) is 1.29. The number of carboxylic acids is 1. The van der Waals surface area contributed by atoms with Gasteiger partial charge in [-0.05, 0) is 12.2 Å². The smallest absolute Gasteiger partial charge is 0.320 e. The molecule has 1 aliphatic rings. The second-order valence-electron chi connectivity index (χ2n) is 2.57. The lowest BCUT2D eigenvalue weighted by atomic mass is 10.2. The number of carbonyl (C=O) groups excluding carboxylic acids is 1. The Balaban J connectivity index is 2.52. The van der Waals surface area contributed by atoms with Crippen molar-refractivity contribution in [1.29, 1.82) is 0 Å². The number of aliphatic carboxylic acids is 1. The van der Waals surface area contributed by atoms with Crippen LogP contribution in [0.4, 0.5) is 0 Å². The van der Waals surface area contributed by atoms with Gasteiger partial charge in [0.25, 0.3) is 0 Å². The van der Waals surface area contributed by atoms with Crippen molar-refractivity contribution in [3.8, 4) is 0 Å². The number of rotatable bonds is 2. The van der Waals surface area contributed by atoms with Gasteiger partial charge < -0.3 is 9.84 Å². The van der Waals surface area contributed by atoms with E-state index in [1.807, 2.05) is 0 Å². The summed E-state index contributed by atoms with van der Waals surface area (Å²) in [6, 6.07) is 0. The largest absolute Gasteiger partial charge is 0.480 e. The summed E-state index contributed by atoms with van der Waals surface area (Å²) in [5.41, 5.74) is 0. The van der Waals surface area contributed by atoms with Crippen molar-refractivity contribution in [3.63, 3.8) is 0 Å². The van der Waals surface area contributed by atoms with E-state index >= 15 is 0 Å². The maximum Gasteiger partial charge on any atom is 0.320 e. The van der Waals surface area contributed by atoms with Gasteiger partial charge in [0.2, 0.25) is 0 Å². The fourth-order valence-electron chi connectivity index (χ4n) is 1.13. The van der Waals surface area contributed by atoms with Gasteiger partial charge in [0.05, 0.1) is 0 Å². The number of hydrogen-bond donors (Lipinski definition) is 1. The molecule has 0 aliphatic carbocycles. The molecule has 2 atom stereocenters. The molecule has 1 heterocycles. The molecule has 12 heavy (non-hydrogen) atoms. The van der Waals surface area contributed by atoms with Crippen LogP contribution in [0.15, 0.2) is 0 Å². The van der Waals surface area contributed by atoms with E-state index in [-0.39, 0.29) is 0 Å². The third-order valence-electron chi connectivity index (χ3n) is 1.60. The van der Waals surface area contributed by atoms with Crippen LogP contribution in [0, 0.1) is 0 Å². The fraction of sp³-hybridized carbons (Fsp3) is 0.714. The van der Waals surface area contributed by atoms with E-state index in [9.17, 15) is 9.59 Å². The van der Waals surface area contributed by atoms with Crippen LogP contribution in [0.3, 0.4) is 0 Å². The highest BCUT2D eigenvalue weighted by Gasteiger charge is 2.35. The number of carbonyl (C=O) groups is 2. The minimum atomic E-state index is -0.899. The first-order valence-corrected chi connectivity index (χ1v) is 4.68. The van der Waals surface area contributed by atoms with Gasteiger partial charge in [0.15, 0.2) is 0 Å². The summed E-state index contributed by atoms with van der Waals surface area (Å²) in [7, 11) is 0. The molecule has 0 saturated carbocycles. The molecule has 1 saturated heterocycles. The zero-order valence-electron chi connectivity index (χ0n) is 6.65. The molecule has 0 aromatic rings. The van der Waals surface area contributed by atoms with Crippen molar-refractivity contribution in [2.75, 3.05) is 5.75 Å². The lowest BCUT2D eigenvalue weighted by Gasteiger charge is -2.13. The van der Waals surface area contributed by atoms with E-state index in [4.69, 9.17) is 9.84 Å². The Kier molecular flexibility index (Phi) is 2.97. The normalized spacial score (nSPS) is 28.4. The topological polar surface area (TPSA) is 63.6 Å². The van der Waals surface area contributed by atoms with Crippen LogP contribution in [0.1, 0.15) is 13.3 Å². The third-order valence-corrected chi connectivity index (χ3v) is 2.93. The van der Waals surface area contributed by atoms with Crippen LogP contribution in [0.5, 0.6) is 0 Å². The molecule has 0 amide bonds. The minimum Gasteiger partial charge on any atom is -0.480 e. The summed E-state index contributed by atoms with van der Waals surface area (Å²) in [4.78, 5) is 21.1. The van der Waals surface area contributed by atoms with Gasteiger partial charge >= 0.3 is 11.9 Å². The summed E-state index contributed by atoms with van der Waals surface area (Å²) in [6.07, 6.45) is 0.200. The van der Waals surface area contributed by atoms with Crippen LogP contribution < -0.4 is 0 Å². The number of hydrogen-bond acceptors (Lipinski definition) is 4. The molecular weight excluding hydrogens is 180 g/mol. The Hall–Kier alpha value is -0.710. The Labute approximate surface area is 74.3 Å². The van der Waals surface area contributed by atoms with Crippen LogP contribution in [-0.4, -0.2) is 34.2 Å². The molecule has 1 aliphatic heterocycles. The number of thioether (sulfide) groups is 1. The number of carboxylic acid groups (broad SMARTS) is 1. The fourth-order valence-corrected chi connectivity index (χ4v) is 2.31. The van der Waals surface area contributed by atoms with Gasteiger partial charge in [-0.25, -0.2) is 0 Å². The maximum atomic E-state index is 10.6. The van der Waals surface area contributed by atoms with Crippen molar-refractivity contribution in [1.82, 2.24) is 0 Å². The van der Waals surface area contributed by atoms with Gasteiger partial charge in [0.1, 0.15) is 11.4 Å². The second-order valence-corrected chi connectivity index (χ2v) is 3.82. The summed E-state index contributed by atoms with van der Waals surface area (Å²) in [5, 5.41) is 8.11. The second kappa shape index (κ2) is 3.80. The lowest BCUT2D eigenvalue weighted by molar-refractivity contribution is -0.149. The first-order valence-electron chi connectivity index (χ1n) is 3.63. The Morgan fingerprint density at radius 3 is 2.75 bits per heavy atom. The van der Waals surface area contributed by atoms with Crippen LogP contribution >= 0.6 is 11.8 Å². The molecular formula is C7H10O4S. The quantitative estimate of drug-likeness (QED) is 0.643. The predicted molar refractivity (Wildman–Crippen MR) is 44.1 cm³/mol. The summed E-state index contributed by atoms with van der Waals surface area (Å²) in [5.74, 6) is -0.563. The molecule has 0 aromatic heterocycles. The monoisotopic (exact) mass is 190 g/mol. The van der Waals surface area contributed by atoms with Gasteiger partial charge in [-0.2, -0.15) is 0 Å². The summed E-state index contributed by atoms with van der Waals surface area (Å²) >= 11 is 1.32. The molecule has 4 nitrogen and oxygen atoms in total. The Morgan fingerprint density at radius 2 is 2.25 bits per heavy atom. The van der Waals surface area contributed by atoms with Crippen LogP contribution in [-0.2, 0) is 14.3 Å². The molecule has 0 radical (unpaired) electrons. The molecule has 2 unspecified atom stereocenters. The molecule has 0 aromatic carbocycles. The van der Waals surface area contributed by atoms with Crippen molar-refractivity contribution >= 4 is 23.7 Å². The SMILES string of the molecule is CC(=O)OC1CCSC1C(=O)O. The average Bonchev–Trinajstić information content (AvgIpc) is 2.33. The molecule has 5 heteroatoms. The van der Waals surface area contributed by atoms with E-state index in [1.54, 1.807) is 0 Å². The Morgan fingerprint density at radius 1 is 1.58 bits per heavy atom. The van der Waals surface area contributed by atoms with Crippen molar-refractivity contribution in [2.45, 2.75) is 24.7 Å². The van der Waals surface area contributed by atoms with Crippen molar-refractivity contribution in [3.05, 3.63) is 0 Å². The predicted octanol–water partition coefficient (Wildman–Crippen LogP) is 0.508.